The van der Waals surface area contributed by atoms with E-state index in [1.54, 1.807) is 6.07 Å². The van der Waals surface area contributed by atoms with Crippen LogP contribution >= 0.6 is 15.9 Å². The number of hydrogen-bond donors (Lipinski definition) is 1. The van der Waals surface area contributed by atoms with Crippen LogP contribution in [0.25, 0.3) is 0 Å². The van der Waals surface area contributed by atoms with Crippen molar-refractivity contribution in [1.29, 1.82) is 0 Å². The molecule has 1 rings (SSSR count). The Morgan fingerprint density at radius 3 is 2.86 bits per heavy atom. The van der Waals surface area contributed by atoms with Gasteiger partial charge in [-0.05, 0) is 6.07 Å². The Balaban J connectivity index is 2.95. The van der Waals surface area contributed by atoms with Gasteiger partial charge in [-0.3, -0.25) is 10.1 Å². The van der Waals surface area contributed by atoms with Gasteiger partial charge in [-0.15, -0.1) is 0 Å². The molecule has 2 N–H and O–H groups in total. The first-order valence-electron chi connectivity index (χ1n) is 3.88. The van der Waals surface area contributed by atoms with E-state index in [2.05, 4.69) is 15.9 Å². The zero-order valence-electron chi connectivity index (χ0n) is 7.27. The molecule has 0 bridgehead atoms. The van der Waals surface area contributed by atoms with Crippen LogP contribution in [0.4, 0.5) is 11.4 Å². The van der Waals surface area contributed by atoms with Gasteiger partial charge in [0.25, 0.3) is 5.69 Å². The number of nitro groups is 1. The third kappa shape index (κ3) is 2.35. The first-order valence-corrected chi connectivity index (χ1v) is 5.00. The van der Waals surface area contributed by atoms with Crippen molar-refractivity contribution in [2.24, 2.45) is 0 Å². The van der Waals surface area contributed by atoms with Crippen molar-refractivity contribution in [2.45, 2.75) is 0 Å². The lowest BCUT2D eigenvalue weighted by Gasteiger charge is -2.06. The third-order valence-electron chi connectivity index (χ3n) is 1.57. The third-order valence-corrected chi connectivity index (χ3v) is 1.90. The number of nitro benzene ring substituents is 1. The van der Waals surface area contributed by atoms with Crippen LogP contribution in [0.5, 0.6) is 5.75 Å². The lowest BCUT2D eigenvalue weighted by atomic mass is 10.2. The second-order valence-electron chi connectivity index (χ2n) is 2.48. The van der Waals surface area contributed by atoms with Gasteiger partial charge >= 0.3 is 0 Å². The van der Waals surface area contributed by atoms with Crippen LogP contribution in [0.2, 0.25) is 0 Å². The van der Waals surface area contributed by atoms with E-state index < -0.39 is 4.92 Å². The Morgan fingerprint density at radius 2 is 2.29 bits per heavy atom. The van der Waals surface area contributed by atoms with Gasteiger partial charge in [0, 0.05) is 11.4 Å². The van der Waals surface area contributed by atoms with Gasteiger partial charge < -0.3 is 10.5 Å². The number of hydrogen-bond acceptors (Lipinski definition) is 4. The van der Waals surface area contributed by atoms with Crippen molar-refractivity contribution in [3.05, 3.63) is 28.3 Å². The van der Waals surface area contributed by atoms with Gasteiger partial charge in [0.2, 0.25) is 0 Å². The molecule has 14 heavy (non-hydrogen) atoms. The Kier molecular flexibility index (Phi) is 3.70. The van der Waals surface area contributed by atoms with Crippen molar-refractivity contribution in [3.8, 4) is 5.75 Å². The summed E-state index contributed by atoms with van der Waals surface area (Å²) in [7, 11) is 0. The molecule has 5 nitrogen and oxygen atoms in total. The molecule has 0 saturated carbocycles. The normalized spacial score (nSPS) is 9.79. The highest BCUT2D eigenvalue weighted by molar-refractivity contribution is 9.09. The van der Waals surface area contributed by atoms with E-state index in [4.69, 9.17) is 10.5 Å². The van der Waals surface area contributed by atoms with Crippen molar-refractivity contribution >= 4 is 27.3 Å². The predicted molar refractivity (Wildman–Crippen MR) is 56.8 cm³/mol. The van der Waals surface area contributed by atoms with Crippen LogP contribution in [-0.2, 0) is 0 Å². The molecular formula is C8H9BrN2O3. The molecule has 0 heterocycles. The summed E-state index contributed by atoms with van der Waals surface area (Å²) in [6, 6.07) is 4.49. The maximum atomic E-state index is 10.5. The number of nitrogens with zero attached hydrogens (tertiary/aromatic N) is 1. The summed E-state index contributed by atoms with van der Waals surface area (Å²) >= 11 is 3.18. The highest BCUT2D eigenvalue weighted by Crippen LogP contribution is 2.30. The van der Waals surface area contributed by atoms with Gasteiger partial charge in [0.1, 0.15) is 5.75 Å². The molecule has 76 valence electrons. The van der Waals surface area contributed by atoms with Crippen LogP contribution in [0.1, 0.15) is 0 Å². The average molecular weight is 261 g/mol. The van der Waals surface area contributed by atoms with E-state index in [1.807, 2.05) is 0 Å². The highest BCUT2D eigenvalue weighted by Gasteiger charge is 2.14. The largest absolute Gasteiger partial charge is 0.490 e. The van der Waals surface area contributed by atoms with Crippen molar-refractivity contribution in [1.82, 2.24) is 0 Å². The number of anilines is 1. The minimum Gasteiger partial charge on any atom is -0.490 e. The zero-order chi connectivity index (χ0) is 10.6. The molecule has 0 spiro atoms. The Morgan fingerprint density at radius 1 is 1.57 bits per heavy atom. The molecule has 0 atom stereocenters. The summed E-state index contributed by atoms with van der Waals surface area (Å²) in [5.74, 6) is 0.346. The molecule has 0 unspecified atom stereocenters. The summed E-state index contributed by atoms with van der Waals surface area (Å²) in [5.41, 5.74) is 5.48. The molecule has 1 aromatic carbocycles. The zero-order valence-corrected chi connectivity index (χ0v) is 8.86. The molecule has 6 heteroatoms. The van der Waals surface area contributed by atoms with E-state index in [1.165, 1.54) is 12.1 Å². The molecule has 0 saturated heterocycles. The molecule has 0 fully saturated rings. The lowest BCUT2D eigenvalue weighted by molar-refractivity contribution is -0.384. The van der Waals surface area contributed by atoms with Crippen molar-refractivity contribution in [2.75, 3.05) is 17.7 Å². The molecule has 0 aliphatic carbocycles. The van der Waals surface area contributed by atoms with Crippen LogP contribution in [0, 0.1) is 10.1 Å². The molecule has 0 radical (unpaired) electrons. The molecular weight excluding hydrogens is 252 g/mol. The number of nitrogens with two attached hydrogens (primary N) is 1. The SMILES string of the molecule is Nc1c(OCCBr)cccc1[N+](=O)[O-]. The Bertz CT molecular complexity index is 343. The van der Waals surface area contributed by atoms with Crippen LogP contribution in [0.15, 0.2) is 18.2 Å². The van der Waals surface area contributed by atoms with Gasteiger partial charge in [0.15, 0.2) is 5.69 Å². The summed E-state index contributed by atoms with van der Waals surface area (Å²) in [6.07, 6.45) is 0. The predicted octanol–water partition coefficient (Wildman–Crippen LogP) is 1.95. The minimum absolute atomic E-state index is 0.0680. The van der Waals surface area contributed by atoms with Gasteiger partial charge in [-0.1, -0.05) is 22.0 Å². The van der Waals surface area contributed by atoms with E-state index >= 15 is 0 Å². The molecule has 0 aliphatic heterocycles. The number of benzene rings is 1. The Hall–Kier alpha value is -1.30. The Labute approximate surface area is 89.1 Å². The van der Waals surface area contributed by atoms with Crippen molar-refractivity contribution < 1.29 is 9.66 Å². The van der Waals surface area contributed by atoms with E-state index in [9.17, 15) is 10.1 Å². The number of para-hydroxylation sites is 1. The van der Waals surface area contributed by atoms with Crippen LogP contribution in [0.3, 0.4) is 0 Å². The summed E-state index contributed by atoms with van der Waals surface area (Å²) in [4.78, 5) is 9.98. The maximum absolute atomic E-state index is 10.5. The van der Waals surface area contributed by atoms with Crippen LogP contribution < -0.4 is 10.5 Å². The van der Waals surface area contributed by atoms with E-state index in [0.29, 0.717) is 17.7 Å². The lowest BCUT2D eigenvalue weighted by Crippen LogP contribution is -2.03. The number of ether oxygens (including phenoxy) is 1. The fraction of sp³-hybridized carbons (Fsp3) is 0.250. The molecule has 1 aromatic rings. The monoisotopic (exact) mass is 260 g/mol. The quantitative estimate of drug-likeness (QED) is 0.389. The van der Waals surface area contributed by atoms with Crippen molar-refractivity contribution in [3.63, 3.8) is 0 Å². The van der Waals surface area contributed by atoms with E-state index in [-0.39, 0.29) is 11.4 Å². The number of alkyl halides is 1. The van der Waals surface area contributed by atoms with Gasteiger partial charge in [-0.25, -0.2) is 0 Å². The fourth-order valence-electron chi connectivity index (χ4n) is 0.966. The number of rotatable bonds is 4. The summed E-state index contributed by atoms with van der Waals surface area (Å²) < 4.78 is 5.20. The van der Waals surface area contributed by atoms with E-state index in [0.717, 1.165) is 0 Å². The number of nitrogen functional groups attached to an aromatic ring is 1. The topological polar surface area (TPSA) is 78.4 Å². The second-order valence-corrected chi connectivity index (χ2v) is 3.28. The average Bonchev–Trinajstić information content (AvgIpc) is 2.16. The smallest absolute Gasteiger partial charge is 0.295 e. The summed E-state index contributed by atoms with van der Waals surface area (Å²) in [6.45, 7) is 0.422. The van der Waals surface area contributed by atoms with Gasteiger partial charge in [0.05, 0.1) is 11.5 Å². The minimum atomic E-state index is -0.531. The first kappa shape index (κ1) is 10.8. The second kappa shape index (κ2) is 4.80. The van der Waals surface area contributed by atoms with Crippen LogP contribution in [-0.4, -0.2) is 16.9 Å². The highest BCUT2D eigenvalue weighted by atomic mass is 79.9. The molecule has 0 amide bonds. The fourth-order valence-corrected chi connectivity index (χ4v) is 1.13. The molecule has 0 aromatic heterocycles. The maximum Gasteiger partial charge on any atom is 0.295 e. The van der Waals surface area contributed by atoms with Gasteiger partial charge in [-0.2, -0.15) is 0 Å². The standard InChI is InChI=1S/C8H9BrN2O3/c9-4-5-14-7-3-1-2-6(8(7)10)11(12)13/h1-3H,4-5,10H2. The molecule has 0 aliphatic rings. The summed E-state index contributed by atoms with van der Waals surface area (Å²) in [5, 5.41) is 11.2. The number of halogens is 1. The first-order chi connectivity index (χ1) is 6.66.